The molecule has 1 aromatic rings. The van der Waals surface area contributed by atoms with Crippen LogP contribution in [0.3, 0.4) is 0 Å². The van der Waals surface area contributed by atoms with E-state index in [1.165, 1.54) is 14.2 Å². The number of likely N-dealkylation sites (tertiary alicyclic amines) is 1. The van der Waals surface area contributed by atoms with E-state index in [-0.39, 0.29) is 30.2 Å². The Kier molecular flexibility index (Phi) is 4.74. The topological polar surface area (TPSA) is 84.9 Å². The minimum atomic E-state index is -0.447. The van der Waals surface area contributed by atoms with Gasteiger partial charge in [-0.15, -0.1) is 0 Å². The van der Waals surface area contributed by atoms with E-state index >= 15 is 0 Å². The molecule has 0 radical (unpaired) electrons. The lowest BCUT2D eigenvalue weighted by Gasteiger charge is -2.16. The largest absolute Gasteiger partial charge is 0.497 e. The van der Waals surface area contributed by atoms with Gasteiger partial charge in [-0.25, -0.2) is 0 Å². The number of amides is 3. The number of benzene rings is 1. The fraction of sp³-hybridized carbons (Fsp3) is 0.389. The Hall–Kier alpha value is -2.83. The summed E-state index contributed by atoms with van der Waals surface area (Å²) in [4.78, 5) is 38.2. The molecule has 1 aliphatic heterocycles. The highest BCUT2D eigenvalue weighted by molar-refractivity contribution is 6.09. The second kappa shape index (κ2) is 6.96. The summed E-state index contributed by atoms with van der Waals surface area (Å²) in [7, 11) is 3.02. The lowest BCUT2D eigenvalue weighted by molar-refractivity contribution is -0.142. The highest BCUT2D eigenvalue weighted by atomic mass is 16.5. The van der Waals surface area contributed by atoms with Gasteiger partial charge in [0.2, 0.25) is 17.7 Å². The number of hydrogen-bond acceptors (Lipinski definition) is 5. The summed E-state index contributed by atoms with van der Waals surface area (Å²) in [6.45, 7) is -0.292. The van der Waals surface area contributed by atoms with Gasteiger partial charge < -0.3 is 14.8 Å². The number of hydrogen-bond donors (Lipinski definition) is 1. The van der Waals surface area contributed by atoms with E-state index in [1.54, 1.807) is 18.2 Å². The molecule has 1 aliphatic carbocycles. The zero-order valence-corrected chi connectivity index (χ0v) is 14.2. The van der Waals surface area contributed by atoms with Gasteiger partial charge in [0.25, 0.3) is 0 Å². The van der Waals surface area contributed by atoms with Crippen molar-refractivity contribution in [1.29, 1.82) is 0 Å². The number of ether oxygens (including phenoxy) is 2. The average molecular weight is 344 g/mol. The highest BCUT2D eigenvalue weighted by Crippen LogP contribution is 2.35. The molecule has 0 aromatic heterocycles. The van der Waals surface area contributed by atoms with Crippen LogP contribution in [0.15, 0.2) is 30.4 Å². The molecule has 0 bridgehead atoms. The third kappa shape index (κ3) is 3.22. The van der Waals surface area contributed by atoms with E-state index in [0.717, 1.165) is 4.90 Å². The van der Waals surface area contributed by atoms with E-state index in [0.29, 0.717) is 30.0 Å². The first-order chi connectivity index (χ1) is 12.0. The van der Waals surface area contributed by atoms with Gasteiger partial charge in [-0.05, 0) is 25.0 Å². The van der Waals surface area contributed by atoms with Crippen LogP contribution in [0.4, 0.5) is 5.69 Å². The van der Waals surface area contributed by atoms with Gasteiger partial charge >= 0.3 is 0 Å². The normalized spacial score (nSPS) is 21.9. The zero-order valence-electron chi connectivity index (χ0n) is 14.2. The quantitative estimate of drug-likeness (QED) is 0.648. The van der Waals surface area contributed by atoms with Gasteiger partial charge in [-0.1, -0.05) is 12.2 Å². The Bertz CT molecular complexity index is 717. The van der Waals surface area contributed by atoms with Crippen LogP contribution in [0.5, 0.6) is 11.5 Å². The Morgan fingerprint density at radius 2 is 1.76 bits per heavy atom. The Morgan fingerprint density at radius 1 is 1.12 bits per heavy atom. The number of allylic oxidation sites excluding steroid dienone is 2. The fourth-order valence-electron chi connectivity index (χ4n) is 3.26. The van der Waals surface area contributed by atoms with E-state index in [4.69, 9.17) is 9.47 Å². The van der Waals surface area contributed by atoms with Gasteiger partial charge in [0.1, 0.15) is 18.0 Å². The molecule has 1 aromatic carbocycles. The summed E-state index contributed by atoms with van der Waals surface area (Å²) >= 11 is 0. The summed E-state index contributed by atoms with van der Waals surface area (Å²) in [6.07, 6.45) is 4.94. The molecule has 3 amide bonds. The van der Waals surface area contributed by atoms with E-state index in [9.17, 15) is 14.4 Å². The van der Waals surface area contributed by atoms with Gasteiger partial charge in [-0.3, -0.25) is 19.3 Å². The highest BCUT2D eigenvalue weighted by Gasteiger charge is 2.47. The predicted molar refractivity (Wildman–Crippen MR) is 90.2 cm³/mol. The van der Waals surface area contributed by atoms with Gasteiger partial charge in [-0.2, -0.15) is 0 Å². The van der Waals surface area contributed by atoms with Crippen molar-refractivity contribution in [2.75, 3.05) is 26.1 Å². The van der Waals surface area contributed by atoms with E-state index in [1.807, 2.05) is 12.2 Å². The van der Waals surface area contributed by atoms with Crippen LogP contribution in [0.1, 0.15) is 12.8 Å². The summed E-state index contributed by atoms with van der Waals surface area (Å²) in [5, 5.41) is 2.68. The van der Waals surface area contributed by atoms with Gasteiger partial charge in [0, 0.05) is 6.07 Å². The number of carbonyl (C=O) groups is 3. The van der Waals surface area contributed by atoms with Crippen LogP contribution in [0.25, 0.3) is 0 Å². The first-order valence-electron chi connectivity index (χ1n) is 8.07. The molecule has 2 aliphatic rings. The summed E-state index contributed by atoms with van der Waals surface area (Å²) in [6, 6.07) is 4.97. The molecule has 1 N–H and O–H groups in total. The van der Waals surface area contributed by atoms with Gasteiger partial charge in [0.15, 0.2) is 0 Å². The molecular formula is C18H20N2O5. The minimum absolute atomic E-state index is 0.267. The molecule has 0 saturated carbocycles. The number of anilines is 1. The molecule has 0 unspecified atom stereocenters. The van der Waals surface area contributed by atoms with Crippen LogP contribution < -0.4 is 14.8 Å². The molecule has 132 valence electrons. The second-order valence-electron chi connectivity index (χ2n) is 6.03. The van der Waals surface area contributed by atoms with Crippen LogP contribution in [0, 0.1) is 11.8 Å². The predicted octanol–water partition coefficient (Wildman–Crippen LogP) is 1.59. The van der Waals surface area contributed by atoms with E-state index in [2.05, 4.69) is 5.32 Å². The number of rotatable bonds is 5. The van der Waals surface area contributed by atoms with Crippen molar-refractivity contribution in [3.8, 4) is 11.5 Å². The smallest absolute Gasteiger partial charge is 0.244 e. The number of fused-ring (bicyclic) bond motifs is 1. The maximum Gasteiger partial charge on any atom is 0.244 e. The zero-order chi connectivity index (χ0) is 18.0. The molecule has 1 fully saturated rings. The molecule has 7 nitrogen and oxygen atoms in total. The van der Waals surface area contributed by atoms with Crippen molar-refractivity contribution in [3.05, 3.63) is 30.4 Å². The third-order valence-corrected chi connectivity index (χ3v) is 4.58. The van der Waals surface area contributed by atoms with Crippen molar-refractivity contribution in [3.63, 3.8) is 0 Å². The van der Waals surface area contributed by atoms with Crippen LogP contribution in [0.2, 0.25) is 0 Å². The summed E-state index contributed by atoms with van der Waals surface area (Å²) in [5.41, 5.74) is 0.450. The number of nitrogens with one attached hydrogen (secondary N) is 1. The van der Waals surface area contributed by atoms with Gasteiger partial charge in [0.05, 0.1) is 31.7 Å². The maximum atomic E-state index is 12.4. The van der Waals surface area contributed by atoms with Crippen molar-refractivity contribution in [2.24, 2.45) is 11.8 Å². The van der Waals surface area contributed by atoms with Crippen molar-refractivity contribution in [1.82, 2.24) is 4.90 Å². The average Bonchev–Trinajstić information content (AvgIpc) is 2.87. The standard InChI is InChI=1S/C18H20N2O5/c1-24-11-7-8-14(15(9-11)25-2)19-16(21)10-20-17(22)12-5-3-4-6-13(12)18(20)23/h3-4,7-9,12-13H,5-6,10H2,1-2H3,(H,19,21)/t12-,13+. The second-order valence-corrected chi connectivity index (χ2v) is 6.03. The monoisotopic (exact) mass is 344 g/mol. The number of carbonyl (C=O) groups excluding carboxylic acids is 3. The van der Waals surface area contributed by atoms with Crippen molar-refractivity contribution >= 4 is 23.4 Å². The first-order valence-corrected chi connectivity index (χ1v) is 8.07. The third-order valence-electron chi connectivity index (χ3n) is 4.58. The van der Waals surface area contributed by atoms with Crippen molar-refractivity contribution in [2.45, 2.75) is 12.8 Å². The molecule has 25 heavy (non-hydrogen) atoms. The minimum Gasteiger partial charge on any atom is -0.497 e. The SMILES string of the molecule is COc1ccc(NC(=O)CN2C(=O)[C@H]3CC=CC[C@H]3C2=O)c(OC)c1. The lowest BCUT2D eigenvalue weighted by atomic mass is 9.85. The van der Waals surface area contributed by atoms with Crippen LogP contribution in [-0.2, 0) is 14.4 Å². The Labute approximate surface area is 145 Å². The molecule has 7 heteroatoms. The Morgan fingerprint density at radius 3 is 2.32 bits per heavy atom. The number of nitrogens with zero attached hydrogens (tertiary/aromatic N) is 1. The fourth-order valence-corrected chi connectivity index (χ4v) is 3.26. The first kappa shape index (κ1) is 17.0. The maximum absolute atomic E-state index is 12.4. The molecule has 1 heterocycles. The molecule has 1 saturated heterocycles. The molecule has 2 atom stereocenters. The van der Waals surface area contributed by atoms with Crippen molar-refractivity contribution < 1.29 is 23.9 Å². The number of imide groups is 1. The summed E-state index contributed by atoms with van der Waals surface area (Å²) in [5.74, 6) is -0.619. The summed E-state index contributed by atoms with van der Waals surface area (Å²) < 4.78 is 10.3. The molecule has 3 rings (SSSR count). The molecular weight excluding hydrogens is 324 g/mol. The lowest BCUT2D eigenvalue weighted by Crippen LogP contribution is -2.38. The van der Waals surface area contributed by atoms with E-state index < -0.39 is 5.91 Å². The Balaban J connectivity index is 1.69. The molecule has 0 spiro atoms. The van der Waals surface area contributed by atoms with Crippen LogP contribution >= 0.6 is 0 Å². The number of methoxy groups -OCH3 is 2. The van der Waals surface area contributed by atoms with Crippen LogP contribution in [-0.4, -0.2) is 43.4 Å².